The predicted molar refractivity (Wildman–Crippen MR) is 279 cm³/mol. The van der Waals surface area contributed by atoms with Crippen LogP contribution in [0.15, 0.2) is 108 Å². The van der Waals surface area contributed by atoms with Crippen LogP contribution in [-0.4, -0.2) is 6.71 Å². The van der Waals surface area contributed by atoms with Gasteiger partial charge >= 0.3 is 0 Å². The van der Waals surface area contributed by atoms with Gasteiger partial charge in [0.2, 0.25) is 0 Å². The van der Waals surface area contributed by atoms with E-state index >= 15 is 0 Å². The maximum Gasteiger partial charge on any atom is 0.297 e. The zero-order valence-electron chi connectivity index (χ0n) is 41.5. The molecule has 0 radical (unpaired) electrons. The first-order chi connectivity index (χ1) is 30.5. The molecule has 3 heterocycles. The van der Waals surface area contributed by atoms with Gasteiger partial charge in [-0.05, 0) is 177 Å². The van der Waals surface area contributed by atoms with E-state index in [1.165, 1.54) is 112 Å². The van der Waals surface area contributed by atoms with Gasteiger partial charge in [-0.1, -0.05) is 136 Å². The lowest BCUT2D eigenvalue weighted by Gasteiger charge is -2.45. The number of hydrogen-bond acceptors (Lipinski definition) is 3. The molecule has 0 spiro atoms. The molecule has 2 aliphatic heterocycles. The highest BCUT2D eigenvalue weighted by Gasteiger charge is 2.49. The summed E-state index contributed by atoms with van der Waals surface area (Å²) in [6.07, 6.45) is 4.67. The number of hydrogen-bond donors (Lipinski definition) is 0. The Morgan fingerprint density at radius 1 is 0.508 bits per heavy atom. The van der Waals surface area contributed by atoms with Crippen LogP contribution in [0.5, 0.6) is 0 Å². The molecule has 11 rings (SSSR count). The summed E-state index contributed by atoms with van der Waals surface area (Å²) < 4.78 is 7.62. The summed E-state index contributed by atoms with van der Waals surface area (Å²) in [6, 6.07) is 40.7. The quantitative estimate of drug-likeness (QED) is 0.165. The molecule has 0 saturated heterocycles. The molecule has 0 fully saturated rings. The first-order valence-electron chi connectivity index (χ1n) is 24.4. The van der Waals surface area contributed by atoms with Gasteiger partial charge in [-0.15, -0.1) is 0 Å². The van der Waals surface area contributed by atoms with Crippen LogP contribution in [0.2, 0.25) is 0 Å². The van der Waals surface area contributed by atoms with E-state index in [4.69, 9.17) is 4.42 Å². The second-order valence-electron chi connectivity index (χ2n) is 24.2. The van der Waals surface area contributed by atoms with Gasteiger partial charge in [0.05, 0.1) is 17.0 Å². The molecule has 1 aromatic heterocycles. The van der Waals surface area contributed by atoms with Gasteiger partial charge < -0.3 is 14.2 Å². The Labute approximate surface area is 389 Å². The summed E-state index contributed by atoms with van der Waals surface area (Å²) in [4.78, 5) is 5.23. The summed E-state index contributed by atoms with van der Waals surface area (Å²) in [7, 11) is 0. The molecule has 0 atom stereocenters. The lowest BCUT2D eigenvalue weighted by molar-refractivity contribution is 0.332. The van der Waals surface area contributed by atoms with Crippen LogP contribution in [0, 0.1) is 20.8 Å². The van der Waals surface area contributed by atoms with Gasteiger partial charge in [-0.3, -0.25) is 0 Å². The molecule has 4 heteroatoms. The molecule has 4 aliphatic rings. The molecular weight excluding hydrogens is 787 g/mol. The molecule has 0 N–H and O–H groups in total. The summed E-state index contributed by atoms with van der Waals surface area (Å²) >= 11 is 0. The highest BCUT2D eigenvalue weighted by Crippen LogP contribution is 2.54. The first kappa shape index (κ1) is 42.2. The fraction of sp³-hybridized carbons (Fsp3) is 0.377. The molecule has 6 aromatic carbocycles. The van der Waals surface area contributed by atoms with Crippen molar-refractivity contribution in [3.63, 3.8) is 0 Å². The molecule has 0 amide bonds. The van der Waals surface area contributed by atoms with E-state index in [9.17, 15) is 0 Å². The Balaban J connectivity index is 1.27. The van der Waals surface area contributed by atoms with E-state index in [1.54, 1.807) is 0 Å². The normalized spacial score (nSPS) is 18.5. The summed E-state index contributed by atoms with van der Waals surface area (Å²) in [5.74, 6) is 0. The van der Waals surface area contributed by atoms with E-state index in [1.807, 2.05) is 0 Å². The standard InChI is InChI=1S/C61H67BN2O/c1-36-15-18-39(19-16-36)42-22-17-37(2)29-50(42)64-49-24-20-40(57(4,5)6)32-48(49)62-54-51(30-38(3)31-52(54)64)63(41-21-23-44-45(33-41)59(9,10)26-25-58(44,7)8)55-43-34-46-47(35-53(43)65-56(55)62)61(13,14)28-27-60(46,11)12/h15-24,29-35H,25-28H2,1-14H3. The molecule has 7 aromatic rings. The van der Waals surface area contributed by atoms with Gasteiger partial charge in [-0.2, -0.15) is 0 Å². The second-order valence-corrected chi connectivity index (χ2v) is 24.2. The Hall–Kier alpha value is -5.48. The zero-order valence-corrected chi connectivity index (χ0v) is 41.5. The number of rotatable bonds is 3. The summed E-state index contributed by atoms with van der Waals surface area (Å²) in [5, 5.41) is 1.21. The number of anilines is 6. The van der Waals surface area contributed by atoms with Gasteiger partial charge in [0, 0.05) is 33.7 Å². The van der Waals surface area contributed by atoms with Crippen molar-refractivity contribution in [2.75, 3.05) is 9.80 Å². The average Bonchev–Trinajstić information content (AvgIpc) is 3.61. The third kappa shape index (κ3) is 6.36. The molecule has 0 saturated carbocycles. The maximum atomic E-state index is 7.62. The smallest absolute Gasteiger partial charge is 0.297 e. The highest BCUT2D eigenvalue weighted by atomic mass is 16.3. The monoisotopic (exact) mass is 855 g/mol. The topological polar surface area (TPSA) is 19.6 Å². The van der Waals surface area contributed by atoms with Crippen LogP contribution in [0.3, 0.4) is 0 Å². The Kier molecular flexibility index (Phi) is 8.95. The zero-order chi connectivity index (χ0) is 45.9. The second kappa shape index (κ2) is 13.8. The lowest BCUT2D eigenvalue weighted by Crippen LogP contribution is -2.61. The van der Waals surface area contributed by atoms with Gasteiger partial charge in [0.15, 0.2) is 0 Å². The van der Waals surface area contributed by atoms with Crippen LogP contribution in [0.1, 0.15) is 146 Å². The third-order valence-electron chi connectivity index (χ3n) is 16.5. The highest BCUT2D eigenvalue weighted by molar-refractivity contribution is 7.00. The lowest BCUT2D eigenvalue weighted by atomic mass is 9.35. The minimum absolute atomic E-state index is 0.0499. The molecule has 330 valence electrons. The molecule has 2 aliphatic carbocycles. The van der Waals surface area contributed by atoms with E-state index in [-0.39, 0.29) is 33.8 Å². The summed E-state index contributed by atoms with van der Waals surface area (Å²) in [5.41, 5.74) is 25.5. The Morgan fingerprint density at radius 3 is 1.72 bits per heavy atom. The maximum absolute atomic E-state index is 7.62. The Morgan fingerprint density at radius 2 is 1.08 bits per heavy atom. The van der Waals surface area contributed by atoms with E-state index in [2.05, 4.69) is 210 Å². The van der Waals surface area contributed by atoms with Crippen molar-refractivity contribution in [2.24, 2.45) is 0 Å². The number of fused-ring (bicyclic) bond motifs is 8. The van der Waals surface area contributed by atoms with E-state index < -0.39 is 0 Å². The van der Waals surface area contributed by atoms with Crippen LogP contribution in [0.25, 0.3) is 22.1 Å². The van der Waals surface area contributed by atoms with Crippen molar-refractivity contribution < 1.29 is 4.42 Å². The minimum Gasteiger partial charge on any atom is -0.468 e. The number of furan rings is 1. The van der Waals surface area contributed by atoms with Crippen LogP contribution in [-0.2, 0) is 27.1 Å². The molecule has 3 nitrogen and oxygen atoms in total. The Bertz CT molecular complexity index is 3130. The molecule has 0 bridgehead atoms. The fourth-order valence-electron chi connectivity index (χ4n) is 12.2. The fourth-order valence-corrected chi connectivity index (χ4v) is 12.2. The van der Waals surface area contributed by atoms with Crippen LogP contribution >= 0.6 is 0 Å². The van der Waals surface area contributed by atoms with E-state index in [0.29, 0.717) is 0 Å². The van der Waals surface area contributed by atoms with Crippen molar-refractivity contribution in [3.8, 4) is 11.1 Å². The molecule has 0 unspecified atom stereocenters. The molecule has 65 heavy (non-hydrogen) atoms. The van der Waals surface area contributed by atoms with Crippen LogP contribution < -0.4 is 26.4 Å². The first-order valence-corrected chi connectivity index (χ1v) is 24.4. The van der Waals surface area contributed by atoms with Gasteiger partial charge in [-0.25, -0.2) is 0 Å². The summed E-state index contributed by atoms with van der Waals surface area (Å²) in [6.45, 7) is 33.1. The average molecular weight is 855 g/mol. The van der Waals surface area contributed by atoms with Crippen LogP contribution in [0.4, 0.5) is 34.1 Å². The SMILES string of the molecule is Cc1ccc(-c2ccc(C)cc2N2c3ccc(C(C)(C)C)cc3B3c4oc5cc6c(cc5c4N(c4ccc5c(c4)C(C)(C)CCC5(C)C)c4cc(C)cc2c43)C(C)(C)CCC6(C)C)cc1. The van der Waals surface area contributed by atoms with Gasteiger partial charge in [0.1, 0.15) is 5.58 Å². The largest absolute Gasteiger partial charge is 0.468 e. The van der Waals surface area contributed by atoms with Crippen molar-refractivity contribution in [3.05, 3.63) is 148 Å². The number of nitrogens with zero attached hydrogens (tertiary/aromatic N) is 2. The van der Waals surface area contributed by atoms with Crippen molar-refractivity contribution >= 4 is 68.4 Å². The number of benzene rings is 6. The van der Waals surface area contributed by atoms with Crippen molar-refractivity contribution in [1.29, 1.82) is 0 Å². The number of aryl methyl sites for hydroxylation is 3. The molecular formula is C61H67BN2O. The van der Waals surface area contributed by atoms with E-state index in [0.717, 1.165) is 30.5 Å². The van der Waals surface area contributed by atoms with Crippen molar-refractivity contribution in [1.82, 2.24) is 0 Å². The predicted octanol–water partition coefficient (Wildman–Crippen LogP) is 15.1. The van der Waals surface area contributed by atoms with Gasteiger partial charge in [0.25, 0.3) is 6.71 Å². The minimum atomic E-state index is -0.119. The third-order valence-corrected chi connectivity index (χ3v) is 16.5. The van der Waals surface area contributed by atoms with Crippen molar-refractivity contribution in [2.45, 2.75) is 150 Å².